The first kappa shape index (κ1) is 13.1. The van der Waals surface area contributed by atoms with Gasteiger partial charge in [0.1, 0.15) is 11.7 Å². The lowest BCUT2D eigenvalue weighted by Crippen LogP contribution is -2.21. The van der Waals surface area contributed by atoms with Gasteiger partial charge in [-0.05, 0) is 19.3 Å². The number of halogens is 1. The average Bonchev–Trinajstić information content (AvgIpc) is 2.83. The van der Waals surface area contributed by atoms with E-state index in [9.17, 15) is 4.79 Å². The summed E-state index contributed by atoms with van der Waals surface area (Å²) >= 11 is 6.04. The third-order valence-corrected chi connectivity index (χ3v) is 3.34. The molecule has 1 aliphatic heterocycles. The molecule has 0 aliphatic carbocycles. The van der Waals surface area contributed by atoms with Crippen molar-refractivity contribution in [2.45, 2.75) is 25.5 Å². The molecule has 9 heteroatoms. The summed E-state index contributed by atoms with van der Waals surface area (Å²) in [6, 6.07) is -0.750. The predicted octanol–water partition coefficient (Wildman–Crippen LogP) is 1.67. The van der Waals surface area contributed by atoms with Crippen LogP contribution in [0.4, 0.5) is 10.7 Å². The molecule has 8 nitrogen and oxygen atoms in total. The number of imidazole rings is 1. The zero-order valence-corrected chi connectivity index (χ0v) is 11.3. The molecule has 0 unspecified atom stereocenters. The number of aromatic nitrogens is 4. The Morgan fingerprint density at radius 3 is 3.05 bits per heavy atom. The van der Waals surface area contributed by atoms with Gasteiger partial charge in [0, 0.05) is 6.61 Å². The predicted molar refractivity (Wildman–Crippen MR) is 72.4 cm³/mol. The molecular weight excluding hydrogens is 284 g/mol. The van der Waals surface area contributed by atoms with Crippen molar-refractivity contribution in [3.8, 4) is 0 Å². The molecule has 1 aliphatic rings. The van der Waals surface area contributed by atoms with Crippen molar-refractivity contribution in [2.75, 3.05) is 11.9 Å². The van der Waals surface area contributed by atoms with E-state index in [4.69, 9.17) is 22.1 Å². The fourth-order valence-electron chi connectivity index (χ4n) is 2.20. The molecule has 106 valence electrons. The molecule has 0 saturated carbocycles. The highest BCUT2D eigenvalue weighted by atomic mass is 35.5. The maximum absolute atomic E-state index is 10.9. The number of rotatable bonds is 2. The van der Waals surface area contributed by atoms with E-state index in [1.54, 1.807) is 10.9 Å². The van der Waals surface area contributed by atoms with Crippen LogP contribution in [0.1, 0.15) is 25.5 Å². The van der Waals surface area contributed by atoms with E-state index in [2.05, 4.69) is 20.3 Å². The van der Waals surface area contributed by atoms with Crippen molar-refractivity contribution in [2.24, 2.45) is 5.73 Å². The molecule has 20 heavy (non-hydrogen) atoms. The van der Waals surface area contributed by atoms with Crippen LogP contribution in [0, 0.1) is 0 Å². The lowest BCUT2D eigenvalue weighted by Gasteiger charge is -2.23. The Labute approximate surface area is 119 Å². The fraction of sp³-hybridized carbons (Fsp3) is 0.455. The minimum atomic E-state index is -0.750. The number of amides is 2. The molecule has 1 atom stereocenters. The Kier molecular flexibility index (Phi) is 3.41. The fourth-order valence-corrected chi connectivity index (χ4v) is 2.42. The van der Waals surface area contributed by atoms with E-state index in [0.29, 0.717) is 17.8 Å². The highest BCUT2D eigenvalue weighted by molar-refractivity contribution is 6.33. The Morgan fingerprint density at radius 1 is 1.50 bits per heavy atom. The number of carbonyl (C=O) groups is 1. The van der Waals surface area contributed by atoms with Gasteiger partial charge in [-0.3, -0.25) is 9.88 Å². The van der Waals surface area contributed by atoms with Crippen molar-refractivity contribution in [1.29, 1.82) is 0 Å². The zero-order valence-electron chi connectivity index (χ0n) is 10.5. The summed E-state index contributed by atoms with van der Waals surface area (Å²) in [7, 11) is 0. The number of nitrogens with two attached hydrogens (primary N) is 1. The summed E-state index contributed by atoms with van der Waals surface area (Å²) in [5, 5.41) is 2.47. The van der Waals surface area contributed by atoms with Gasteiger partial charge >= 0.3 is 6.03 Å². The molecule has 2 amide bonds. The molecule has 2 aromatic rings. The maximum atomic E-state index is 10.9. The van der Waals surface area contributed by atoms with Gasteiger partial charge in [0.25, 0.3) is 0 Å². The highest BCUT2D eigenvalue weighted by Crippen LogP contribution is 2.28. The summed E-state index contributed by atoms with van der Waals surface area (Å²) in [5.41, 5.74) is 6.04. The molecule has 3 heterocycles. The second-order valence-electron chi connectivity index (χ2n) is 4.47. The van der Waals surface area contributed by atoms with E-state index in [0.717, 1.165) is 19.3 Å². The number of hydrogen-bond acceptors (Lipinski definition) is 5. The van der Waals surface area contributed by atoms with Gasteiger partial charge in [-0.2, -0.15) is 9.97 Å². The van der Waals surface area contributed by atoms with Crippen LogP contribution in [-0.4, -0.2) is 32.2 Å². The second-order valence-corrected chi connectivity index (χ2v) is 4.83. The number of nitrogens with zero attached hydrogens (tertiary/aromatic N) is 4. The summed E-state index contributed by atoms with van der Waals surface area (Å²) in [4.78, 5) is 23.2. The molecule has 1 fully saturated rings. The van der Waals surface area contributed by atoms with Crippen molar-refractivity contribution in [3.63, 3.8) is 0 Å². The number of nitrogens with one attached hydrogen (secondary N) is 1. The van der Waals surface area contributed by atoms with E-state index < -0.39 is 6.03 Å². The first-order valence-electron chi connectivity index (χ1n) is 6.23. The third-order valence-electron chi connectivity index (χ3n) is 3.08. The lowest BCUT2D eigenvalue weighted by molar-refractivity contribution is -0.0298. The van der Waals surface area contributed by atoms with Crippen LogP contribution in [0.2, 0.25) is 5.15 Å². The van der Waals surface area contributed by atoms with Crippen LogP contribution < -0.4 is 11.1 Å². The van der Waals surface area contributed by atoms with Gasteiger partial charge in [0.2, 0.25) is 5.95 Å². The number of carbonyl (C=O) groups excluding carboxylic acids is 1. The van der Waals surface area contributed by atoms with Crippen LogP contribution in [0.3, 0.4) is 0 Å². The van der Waals surface area contributed by atoms with Gasteiger partial charge in [0.05, 0.1) is 6.33 Å². The monoisotopic (exact) mass is 296 g/mol. The normalized spacial score (nSPS) is 19.1. The quantitative estimate of drug-likeness (QED) is 0.819. The molecular formula is C11H13ClN6O2. The summed E-state index contributed by atoms with van der Waals surface area (Å²) < 4.78 is 7.50. The minimum Gasteiger partial charge on any atom is -0.358 e. The van der Waals surface area contributed by atoms with E-state index in [1.807, 2.05) is 0 Å². The number of primary amides is 1. The first-order chi connectivity index (χ1) is 9.65. The number of ether oxygens (including phenoxy) is 1. The summed E-state index contributed by atoms with van der Waals surface area (Å²) in [6.45, 7) is 0.704. The largest absolute Gasteiger partial charge is 0.358 e. The highest BCUT2D eigenvalue weighted by Gasteiger charge is 2.20. The van der Waals surface area contributed by atoms with Crippen molar-refractivity contribution in [3.05, 3.63) is 11.5 Å². The van der Waals surface area contributed by atoms with Crippen LogP contribution >= 0.6 is 11.6 Å². The van der Waals surface area contributed by atoms with Gasteiger partial charge < -0.3 is 10.5 Å². The van der Waals surface area contributed by atoms with Gasteiger partial charge in [0.15, 0.2) is 10.8 Å². The van der Waals surface area contributed by atoms with Crippen LogP contribution in [0.5, 0.6) is 0 Å². The van der Waals surface area contributed by atoms with Gasteiger partial charge in [-0.15, -0.1) is 0 Å². The SMILES string of the molecule is NC(=O)Nc1nc(Cl)c2ncn([C@@H]3CCCCO3)c2n1. The number of anilines is 1. The van der Waals surface area contributed by atoms with Crippen molar-refractivity contribution >= 4 is 34.7 Å². The lowest BCUT2D eigenvalue weighted by atomic mass is 10.2. The average molecular weight is 297 g/mol. The molecule has 3 N–H and O–H groups in total. The minimum absolute atomic E-state index is 0.0487. The smallest absolute Gasteiger partial charge is 0.319 e. The van der Waals surface area contributed by atoms with Crippen molar-refractivity contribution in [1.82, 2.24) is 19.5 Å². The third kappa shape index (κ3) is 2.39. The second kappa shape index (κ2) is 5.22. The molecule has 0 radical (unpaired) electrons. The molecule has 0 aromatic carbocycles. The molecule has 0 bridgehead atoms. The van der Waals surface area contributed by atoms with Crippen LogP contribution in [0.25, 0.3) is 11.2 Å². The van der Waals surface area contributed by atoms with Gasteiger partial charge in [-0.1, -0.05) is 11.6 Å². The zero-order chi connectivity index (χ0) is 14.1. The maximum Gasteiger partial charge on any atom is 0.319 e. The Balaban J connectivity index is 2.04. The number of urea groups is 1. The summed E-state index contributed by atoms with van der Waals surface area (Å²) in [6.07, 6.45) is 4.50. The molecule has 3 rings (SSSR count). The summed E-state index contributed by atoms with van der Waals surface area (Å²) in [5.74, 6) is 0.0487. The van der Waals surface area contributed by atoms with Gasteiger partial charge in [-0.25, -0.2) is 9.78 Å². The molecule has 1 saturated heterocycles. The Morgan fingerprint density at radius 2 is 2.35 bits per heavy atom. The van der Waals surface area contributed by atoms with Crippen LogP contribution in [-0.2, 0) is 4.74 Å². The first-order valence-corrected chi connectivity index (χ1v) is 6.61. The standard InChI is InChI=1S/C11H13ClN6O2/c12-8-7-9(16-11(15-8)17-10(13)19)18(5-14-7)6-3-1-2-4-20-6/h5-6H,1-4H2,(H3,13,15,16,17,19)/t6-/m0/s1. The molecule has 0 spiro atoms. The Bertz CT molecular complexity index is 652. The topological polar surface area (TPSA) is 108 Å². The van der Waals surface area contributed by atoms with E-state index in [-0.39, 0.29) is 17.3 Å². The van der Waals surface area contributed by atoms with E-state index >= 15 is 0 Å². The number of hydrogen-bond donors (Lipinski definition) is 2. The Hall–Kier alpha value is -1.93. The number of fused-ring (bicyclic) bond motifs is 1. The van der Waals surface area contributed by atoms with Crippen molar-refractivity contribution < 1.29 is 9.53 Å². The van der Waals surface area contributed by atoms with Crippen LogP contribution in [0.15, 0.2) is 6.33 Å². The molecule has 2 aromatic heterocycles. The van der Waals surface area contributed by atoms with E-state index in [1.165, 1.54) is 0 Å².